The Labute approximate surface area is 198 Å². The molecule has 33 heavy (non-hydrogen) atoms. The Balaban J connectivity index is 0.00000385. The van der Waals surface area contributed by atoms with Gasteiger partial charge < -0.3 is 19.9 Å². The van der Waals surface area contributed by atoms with Crippen molar-refractivity contribution in [1.82, 2.24) is 15.0 Å². The zero-order valence-corrected chi connectivity index (χ0v) is 19.1. The molecule has 0 spiro atoms. The van der Waals surface area contributed by atoms with Crippen molar-refractivity contribution in [2.24, 2.45) is 0 Å². The smallest absolute Gasteiger partial charge is 0.583 e. The van der Waals surface area contributed by atoms with Crippen molar-refractivity contribution in [3.8, 4) is 11.3 Å². The van der Waals surface area contributed by atoms with Crippen LogP contribution in [0.1, 0.15) is 35.7 Å². The van der Waals surface area contributed by atoms with Gasteiger partial charge in [-0.05, 0) is 37.7 Å². The van der Waals surface area contributed by atoms with E-state index in [0.717, 1.165) is 12.1 Å². The maximum Gasteiger partial charge on any atom is 2.00 e. The van der Waals surface area contributed by atoms with Gasteiger partial charge in [-0.15, -0.1) is 6.07 Å². The summed E-state index contributed by atoms with van der Waals surface area (Å²) in [6, 6.07) is 11.9. The third-order valence-corrected chi connectivity index (χ3v) is 4.45. The summed E-state index contributed by atoms with van der Waals surface area (Å²) >= 11 is 0. The van der Waals surface area contributed by atoms with Crippen LogP contribution in [0, 0.1) is 18.0 Å². The molecule has 0 radical (unpaired) electrons. The third-order valence-electron chi connectivity index (χ3n) is 4.45. The molecule has 0 saturated heterocycles. The number of carbonyl (C=O) groups is 2. The van der Waals surface area contributed by atoms with E-state index in [9.17, 15) is 31.5 Å². The fourth-order valence-corrected chi connectivity index (χ4v) is 2.72. The summed E-state index contributed by atoms with van der Waals surface area (Å²) in [5.74, 6) is -6.12. The van der Waals surface area contributed by atoms with Crippen LogP contribution in [0.2, 0.25) is 0 Å². The van der Waals surface area contributed by atoms with Crippen LogP contribution in [0.25, 0.3) is 16.6 Å². The summed E-state index contributed by atoms with van der Waals surface area (Å²) in [4.78, 5) is 34.4. The molecule has 0 aromatic carbocycles. The summed E-state index contributed by atoms with van der Waals surface area (Å²) in [5, 5.41) is 2.52. The van der Waals surface area contributed by atoms with E-state index in [1.807, 2.05) is 0 Å². The number of pyridine rings is 3. The summed E-state index contributed by atoms with van der Waals surface area (Å²) in [6.45, 7) is 3.33. The largest absolute Gasteiger partial charge is 2.00 e. The molecule has 0 saturated carbocycles. The Morgan fingerprint density at radius 2 is 1.55 bits per heavy atom. The number of hydrogen-bond acceptors (Lipinski definition) is 5. The molecule has 3 heterocycles. The molecule has 174 valence electrons. The van der Waals surface area contributed by atoms with Crippen molar-refractivity contribution in [3.63, 3.8) is 0 Å². The number of nitrogens with zero attached hydrogens (tertiary/aromatic N) is 4. The minimum absolute atomic E-state index is 0. The van der Waals surface area contributed by atoms with Crippen molar-refractivity contribution in [1.29, 1.82) is 0 Å². The second-order valence-corrected chi connectivity index (χ2v) is 7.05. The molecule has 3 aromatic heterocycles. The molecular weight excluding hydrogens is 630 g/mol. The molecule has 3 rings (SSSR count). The Bertz CT molecular complexity index is 1200. The van der Waals surface area contributed by atoms with Crippen molar-refractivity contribution < 1.29 is 52.6 Å². The summed E-state index contributed by atoms with van der Waals surface area (Å²) in [7, 11) is 0. The fourth-order valence-electron chi connectivity index (χ4n) is 2.72. The first-order valence-corrected chi connectivity index (χ1v) is 8.96. The Kier molecular flexibility index (Phi) is 7.79. The van der Waals surface area contributed by atoms with Crippen molar-refractivity contribution in [3.05, 3.63) is 82.8 Å². The third kappa shape index (κ3) is 5.84. The van der Waals surface area contributed by atoms with Crippen LogP contribution in [0.5, 0.6) is 0 Å². The first kappa shape index (κ1) is 26.2. The molecule has 0 aliphatic carbocycles. The summed E-state index contributed by atoms with van der Waals surface area (Å²) < 4.78 is 64.2. The minimum Gasteiger partial charge on any atom is -0.583 e. The normalized spacial score (nSPS) is 11.5. The average Bonchev–Trinajstić information content (AvgIpc) is 2.73. The first-order chi connectivity index (χ1) is 14.9. The number of amides is 2. The SMILES string of the molecule is CC(C)(c1cccc(C(=O)[N-]C(=O)C(F)(F)F)n1)c1cccc(-c2[c-]cc(F)nc2F)n1.[Pt+2]. The number of carbonyl (C=O) groups excluding carboxylic acids is 2. The number of aromatic nitrogens is 3. The zero-order chi connectivity index (χ0) is 23.7. The van der Waals surface area contributed by atoms with E-state index in [-0.39, 0.29) is 38.0 Å². The molecule has 3 aromatic rings. The van der Waals surface area contributed by atoms with Gasteiger partial charge in [0.2, 0.25) is 0 Å². The second-order valence-electron chi connectivity index (χ2n) is 7.05. The van der Waals surface area contributed by atoms with Crippen LogP contribution in [0.4, 0.5) is 22.0 Å². The average molecular weight is 643 g/mol. The Morgan fingerprint density at radius 1 is 0.939 bits per heavy atom. The van der Waals surface area contributed by atoms with Gasteiger partial charge in [-0.25, -0.2) is 8.78 Å². The van der Waals surface area contributed by atoms with E-state index >= 15 is 0 Å². The van der Waals surface area contributed by atoms with Crippen LogP contribution in [-0.4, -0.2) is 32.9 Å². The fraction of sp³-hybridized carbons (Fsp3) is 0.190. The molecule has 0 atom stereocenters. The number of alkyl halides is 3. The van der Waals surface area contributed by atoms with Crippen molar-refractivity contribution in [2.45, 2.75) is 25.4 Å². The second kappa shape index (κ2) is 9.82. The molecule has 12 heteroatoms. The van der Waals surface area contributed by atoms with E-state index in [0.29, 0.717) is 5.69 Å². The van der Waals surface area contributed by atoms with Crippen LogP contribution < -0.4 is 0 Å². The van der Waals surface area contributed by atoms with E-state index in [1.54, 1.807) is 26.0 Å². The molecule has 0 N–H and O–H groups in total. The number of rotatable bonds is 4. The van der Waals surface area contributed by atoms with Gasteiger partial charge in [-0.1, -0.05) is 29.8 Å². The first-order valence-electron chi connectivity index (χ1n) is 8.96. The van der Waals surface area contributed by atoms with E-state index < -0.39 is 41.0 Å². The molecule has 2 amide bonds. The topological polar surface area (TPSA) is 86.9 Å². The maximum absolute atomic E-state index is 14.0. The van der Waals surface area contributed by atoms with Crippen molar-refractivity contribution in [2.75, 3.05) is 0 Å². The van der Waals surface area contributed by atoms with Gasteiger partial charge in [0, 0.05) is 11.1 Å². The van der Waals surface area contributed by atoms with Gasteiger partial charge in [-0.3, -0.25) is 9.97 Å². The van der Waals surface area contributed by atoms with Crippen LogP contribution in [-0.2, 0) is 31.3 Å². The van der Waals surface area contributed by atoms with Crippen LogP contribution in [0.3, 0.4) is 0 Å². The van der Waals surface area contributed by atoms with Gasteiger partial charge >= 0.3 is 27.2 Å². The van der Waals surface area contributed by atoms with Gasteiger partial charge in [0.1, 0.15) is 17.8 Å². The van der Waals surface area contributed by atoms with Crippen LogP contribution in [0.15, 0.2) is 42.5 Å². The van der Waals surface area contributed by atoms with E-state index in [4.69, 9.17) is 0 Å². The maximum atomic E-state index is 14.0. The predicted molar refractivity (Wildman–Crippen MR) is 101 cm³/mol. The molecule has 0 fully saturated rings. The Morgan fingerprint density at radius 3 is 2.15 bits per heavy atom. The van der Waals surface area contributed by atoms with Gasteiger partial charge in [0.05, 0.1) is 11.4 Å². The molecule has 0 aliphatic rings. The predicted octanol–water partition coefficient (Wildman–Crippen LogP) is 4.54. The van der Waals surface area contributed by atoms with Crippen molar-refractivity contribution >= 4 is 11.8 Å². The molecule has 0 bridgehead atoms. The number of halogens is 5. The minimum atomic E-state index is -5.28. The zero-order valence-electron chi connectivity index (χ0n) is 16.9. The number of imide groups is 1. The Hall–Kier alpha value is -3.07. The summed E-state index contributed by atoms with van der Waals surface area (Å²) in [6.07, 6.45) is -5.28. The molecule has 0 unspecified atom stereocenters. The monoisotopic (exact) mass is 643 g/mol. The summed E-state index contributed by atoms with van der Waals surface area (Å²) in [5.41, 5.74) is -0.947. The van der Waals surface area contributed by atoms with Crippen LogP contribution >= 0.6 is 0 Å². The van der Waals surface area contributed by atoms with E-state index in [2.05, 4.69) is 26.3 Å². The number of hydrogen-bond donors (Lipinski definition) is 0. The van der Waals surface area contributed by atoms with Gasteiger partial charge in [0.25, 0.3) is 0 Å². The molecular formula is C21H13F5N4O2Pt. The molecule has 0 aliphatic heterocycles. The molecule has 6 nitrogen and oxygen atoms in total. The van der Waals surface area contributed by atoms with Gasteiger partial charge in [-0.2, -0.15) is 13.2 Å². The van der Waals surface area contributed by atoms with Gasteiger partial charge in [0.15, 0.2) is 5.91 Å². The van der Waals surface area contributed by atoms with E-state index in [1.165, 1.54) is 18.2 Å². The standard InChI is InChI=1S/C21H14F5N4O2.Pt/c1-20(2,14-7-3-5-12(27-14)11-9-10-16(22)29-17(11)23)15-8-4-6-13(28-15)18(31)30-19(32)21(24,25)26;/h3-8,10H,1-2H3,(H,30,31,32);/q-1;+2/p-1. The quantitative estimate of drug-likeness (QED) is 0.237.